The van der Waals surface area contributed by atoms with Crippen LogP contribution >= 0.6 is 0 Å². The van der Waals surface area contributed by atoms with Crippen LogP contribution < -0.4 is 10.1 Å². The van der Waals surface area contributed by atoms with Crippen molar-refractivity contribution in [3.63, 3.8) is 0 Å². The molecule has 2 aromatic carbocycles. The number of fused-ring (bicyclic) bond motifs is 1. The first-order chi connectivity index (χ1) is 14.2. The van der Waals surface area contributed by atoms with Gasteiger partial charge in [0, 0.05) is 23.3 Å². The number of aromatic nitrogens is 3. The van der Waals surface area contributed by atoms with Crippen molar-refractivity contribution < 1.29 is 13.9 Å². The van der Waals surface area contributed by atoms with E-state index in [2.05, 4.69) is 15.4 Å². The predicted molar refractivity (Wildman–Crippen MR) is 105 cm³/mol. The number of anilines is 1. The summed E-state index contributed by atoms with van der Waals surface area (Å²) in [5, 5.41) is 7.51. The van der Waals surface area contributed by atoms with Gasteiger partial charge in [-0.1, -0.05) is 30.3 Å². The summed E-state index contributed by atoms with van der Waals surface area (Å²) in [6, 6.07) is 13.7. The van der Waals surface area contributed by atoms with E-state index in [0.29, 0.717) is 29.9 Å². The summed E-state index contributed by atoms with van der Waals surface area (Å²) in [4.78, 5) is 17.5. The number of ether oxygens (including phenoxy) is 1. The first-order valence-electron chi connectivity index (χ1n) is 9.47. The number of nitrogens with one attached hydrogen (secondary N) is 1. The van der Waals surface area contributed by atoms with Gasteiger partial charge in [0.2, 0.25) is 5.95 Å². The molecule has 0 spiro atoms. The van der Waals surface area contributed by atoms with Gasteiger partial charge in [-0.3, -0.25) is 4.79 Å². The molecule has 0 radical (unpaired) electrons. The van der Waals surface area contributed by atoms with Crippen LogP contribution in [0.3, 0.4) is 0 Å². The monoisotopic (exact) mass is 390 g/mol. The number of carbonyl (C=O) groups is 1. The number of benzene rings is 2. The molecular formula is C22H19FN4O2. The molecule has 0 saturated carbocycles. The fourth-order valence-corrected chi connectivity index (χ4v) is 4.25. The van der Waals surface area contributed by atoms with Crippen molar-refractivity contribution in [3.05, 3.63) is 83.1 Å². The van der Waals surface area contributed by atoms with Gasteiger partial charge >= 0.3 is 0 Å². The highest BCUT2D eigenvalue weighted by molar-refractivity contribution is 6.00. The molecule has 1 aliphatic heterocycles. The van der Waals surface area contributed by atoms with E-state index in [1.54, 1.807) is 30.0 Å². The smallest absolute Gasteiger partial charge is 0.226 e. The SMILES string of the molecule is COc1ccc([C@H]2CC(=O)C3=C(C2)Nc2ncnn2[C@H]3c2ccccc2F)cc1. The Labute approximate surface area is 167 Å². The van der Waals surface area contributed by atoms with Crippen molar-refractivity contribution in [1.82, 2.24) is 14.8 Å². The molecule has 1 aliphatic carbocycles. The normalized spacial score (nSPS) is 20.7. The van der Waals surface area contributed by atoms with Crippen molar-refractivity contribution in [2.24, 2.45) is 0 Å². The maximum absolute atomic E-state index is 14.6. The van der Waals surface area contributed by atoms with E-state index in [1.165, 1.54) is 12.4 Å². The number of rotatable bonds is 3. The minimum atomic E-state index is -0.616. The van der Waals surface area contributed by atoms with Gasteiger partial charge < -0.3 is 10.1 Å². The third-order valence-electron chi connectivity index (χ3n) is 5.65. The van der Waals surface area contributed by atoms with Gasteiger partial charge in [0.25, 0.3) is 0 Å². The van der Waals surface area contributed by atoms with Gasteiger partial charge in [0.1, 0.15) is 23.9 Å². The number of hydrogen-bond donors (Lipinski definition) is 1. The Kier molecular flexibility index (Phi) is 4.16. The predicted octanol–water partition coefficient (Wildman–Crippen LogP) is 3.84. The van der Waals surface area contributed by atoms with E-state index < -0.39 is 6.04 Å². The van der Waals surface area contributed by atoms with Gasteiger partial charge in [-0.15, -0.1) is 0 Å². The number of ketones is 1. The molecule has 0 bridgehead atoms. The zero-order chi connectivity index (χ0) is 20.0. The van der Waals surface area contributed by atoms with Crippen LogP contribution in [0.1, 0.15) is 35.9 Å². The lowest BCUT2D eigenvalue weighted by Gasteiger charge is -2.35. The average molecular weight is 390 g/mol. The summed E-state index contributed by atoms with van der Waals surface area (Å²) in [7, 11) is 1.63. The minimum absolute atomic E-state index is 0.00558. The van der Waals surface area contributed by atoms with Crippen LogP contribution in [0.4, 0.5) is 10.3 Å². The van der Waals surface area contributed by atoms with Crippen LogP contribution in [-0.4, -0.2) is 27.7 Å². The number of Topliss-reactive ketones (excluding diaryl/α,β-unsaturated/α-hetero) is 1. The lowest BCUT2D eigenvalue weighted by molar-refractivity contribution is -0.116. The Balaban J connectivity index is 1.57. The van der Waals surface area contributed by atoms with Crippen LogP contribution in [0.15, 0.2) is 66.1 Å². The maximum Gasteiger partial charge on any atom is 0.226 e. The molecule has 2 aliphatic rings. The lowest BCUT2D eigenvalue weighted by Crippen LogP contribution is -2.34. The van der Waals surface area contributed by atoms with Crippen molar-refractivity contribution in [3.8, 4) is 5.75 Å². The highest BCUT2D eigenvalue weighted by atomic mass is 19.1. The first-order valence-corrected chi connectivity index (χ1v) is 9.47. The molecule has 29 heavy (non-hydrogen) atoms. The third kappa shape index (κ3) is 2.90. The molecule has 0 fully saturated rings. The van der Waals surface area contributed by atoms with Crippen molar-refractivity contribution in [1.29, 1.82) is 0 Å². The van der Waals surface area contributed by atoms with Gasteiger partial charge in [0.15, 0.2) is 5.78 Å². The van der Waals surface area contributed by atoms with Crippen LogP contribution in [0.2, 0.25) is 0 Å². The van der Waals surface area contributed by atoms with E-state index in [9.17, 15) is 9.18 Å². The zero-order valence-corrected chi connectivity index (χ0v) is 15.8. The highest BCUT2D eigenvalue weighted by Crippen LogP contribution is 2.44. The molecule has 7 heteroatoms. The number of allylic oxidation sites excluding steroid dienone is 2. The molecule has 146 valence electrons. The van der Waals surface area contributed by atoms with Gasteiger partial charge in [-0.05, 0) is 36.1 Å². The molecule has 5 rings (SSSR count). The van der Waals surface area contributed by atoms with Crippen molar-refractivity contribution >= 4 is 11.7 Å². The Hall–Kier alpha value is -3.48. The number of methoxy groups -OCH3 is 1. The second-order valence-corrected chi connectivity index (χ2v) is 7.27. The third-order valence-corrected chi connectivity index (χ3v) is 5.65. The van der Waals surface area contributed by atoms with Crippen molar-refractivity contribution in [2.45, 2.75) is 24.8 Å². The largest absolute Gasteiger partial charge is 0.497 e. The average Bonchev–Trinajstić information content (AvgIpc) is 3.21. The Morgan fingerprint density at radius 2 is 1.93 bits per heavy atom. The quantitative estimate of drug-likeness (QED) is 0.736. The van der Waals surface area contributed by atoms with E-state index in [0.717, 1.165) is 17.0 Å². The molecule has 1 aromatic heterocycles. The van der Waals surface area contributed by atoms with Gasteiger partial charge in [0.05, 0.1) is 7.11 Å². The maximum atomic E-state index is 14.6. The fraction of sp³-hybridized carbons (Fsp3) is 0.227. The van der Waals surface area contributed by atoms with Crippen LogP contribution in [0, 0.1) is 5.82 Å². The zero-order valence-electron chi connectivity index (χ0n) is 15.8. The number of nitrogens with zero attached hydrogens (tertiary/aromatic N) is 3. The molecular weight excluding hydrogens is 371 g/mol. The fourth-order valence-electron chi connectivity index (χ4n) is 4.25. The van der Waals surface area contributed by atoms with Gasteiger partial charge in [-0.2, -0.15) is 10.1 Å². The van der Waals surface area contributed by atoms with Crippen molar-refractivity contribution in [2.75, 3.05) is 12.4 Å². The van der Waals surface area contributed by atoms with E-state index in [-0.39, 0.29) is 17.5 Å². The summed E-state index contributed by atoms with van der Waals surface area (Å²) in [6.45, 7) is 0. The number of carbonyl (C=O) groups excluding carboxylic acids is 1. The van der Waals surface area contributed by atoms with E-state index in [1.807, 2.05) is 24.3 Å². The molecule has 0 amide bonds. The Morgan fingerprint density at radius 1 is 1.14 bits per heavy atom. The summed E-state index contributed by atoms with van der Waals surface area (Å²) in [5.74, 6) is 0.960. The second-order valence-electron chi connectivity index (χ2n) is 7.27. The molecule has 0 saturated heterocycles. The Morgan fingerprint density at radius 3 is 2.69 bits per heavy atom. The first kappa shape index (κ1) is 17.6. The molecule has 2 atom stereocenters. The van der Waals surface area contributed by atoms with Crippen LogP contribution in [-0.2, 0) is 4.79 Å². The summed E-state index contributed by atoms with van der Waals surface area (Å²) < 4.78 is 21.5. The lowest BCUT2D eigenvalue weighted by atomic mass is 9.78. The minimum Gasteiger partial charge on any atom is -0.497 e. The molecule has 6 nitrogen and oxygen atoms in total. The van der Waals surface area contributed by atoms with E-state index in [4.69, 9.17) is 4.74 Å². The second kappa shape index (κ2) is 6.84. The Bertz CT molecular complexity index is 1120. The molecule has 2 heterocycles. The van der Waals surface area contributed by atoms with Crippen LogP contribution in [0.5, 0.6) is 5.75 Å². The summed E-state index contributed by atoms with van der Waals surface area (Å²) in [6.07, 6.45) is 2.42. The van der Waals surface area contributed by atoms with Crippen LogP contribution in [0.25, 0.3) is 0 Å². The van der Waals surface area contributed by atoms with E-state index >= 15 is 0 Å². The standard InChI is InChI=1S/C22H19FN4O2/c1-29-15-8-6-13(7-9-15)14-10-18-20(19(28)11-14)21(16-4-2-3-5-17(16)23)27-22(26-18)24-12-25-27/h2-9,12,14,21H,10-11H2,1H3,(H,24,25,26)/t14-,21+/m1/s1. The summed E-state index contributed by atoms with van der Waals surface area (Å²) in [5.41, 5.74) is 2.85. The molecule has 1 N–H and O–H groups in total. The summed E-state index contributed by atoms with van der Waals surface area (Å²) >= 11 is 0. The molecule has 0 unspecified atom stereocenters. The number of halogens is 1. The highest BCUT2D eigenvalue weighted by Gasteiger charge is 2.40. The number of hydrogen-bond acceptors (Lipinski definition) is 5. The topological polar surface area (TPSA) is 69.0 Å². The van der Waals surface area contributed by atoms with Gasteiger partial charge in [-0.25, -0.2) is 9.07 Å². The molecule has 3 aromatic rings.